The number of aryl methyl sites for hydroxylation is 1. The van der Waals surface area contributed by atoms with Gasteiger partial charge in [0.05, 0.1) is 30.5 Å². The van der Waals surface area contributed by atoms with E-state index in [2.05, 4.69) is 6.07 Å². The lowest BCUT2D eigenvalue weighted by Gasteiger charge is -2.23. The summed E-state index contributed by atoms with van der Waals surface area (Å²) in [4.78, 5) is 19.8. The van der Waals surface area contributed by atoms with Crippen LogP contribution in [0.15, 0.2) is 42.5 Å². The molecule has 1 saturated heterocycles. The van der Waals surface area contributed by atoms with Crippen LogP contribution >= 0.6 is 11.3 Å². The summed E-state index contributed by atoms with van der Waals surface area (Å²) in [5.41, 5.74) is 2.01. The standard InChI is InChI=1S/C22H24N2O3S/c1-26-16-10-11-19(27-2)15(14-16)9-12-21(25)24-13-5-7-18(24)22-23-17-6-3-4-8-20(17)28-22/h3-4,6,8,10-11,14,18H,5,7,9,12-13H2,1-2H3. The van der Waals surface area contributed by atoms with Crippen molar-refractivity contribution in [3.63, 3.8) is 0 Å². The van der Waals surface area contributed by atoms with Crippen LogP contribution in [0.5, 0.6) is 11.5 Å². The minimum absolute atomic E-state index is 0.0945. The predicted molar refractivity (Wildman–Crippen MR) is 111 cm³/mol. The molecule has 146 valence electrons. The quantitative estimate of drug-likeness (QED) is 0.611. The van der Waals surface area contributed by atoms with E-state index in [1.165, 1.54) is 4.70 Å². The average Bonchev–Trinajstić information content (AvgIpc) is 3.38. The number of hydrogen-bond acceptors (Lipinski definition) is 5. The lowest BCUT2D eigenvalue weighted by Crippen LogP contribution is -2.30. The molecule has 1 amide bonds. The number of ether oxygens (including phenoxy) is 2. The molecule has 0 radical (unpaired) electrons. The minimum atomic E-state index is 0.0945. The Labute approximate surface area is 168 Å². The second-order valence-corrected chi connectivity index (χ2v) is 8.00. The minimum Gasteiger partial charge on any atom is -0.497 e. The number of rotatable bonds is 6. The maximum Gasteiger partial charge on any atom is 0.223 e. The molecule has 1 unspecified atom stereocenters. The highest BCUT2D eigenvalue weighted by Gasteiger charge is 2.32. The van der Waals surface area contributed by atoms with Gasteiger partial charge in [0, 0.05) is 13.0 Å². The topological polar surface area (TPSA) is 51.7 Å². The van der Waals surface area contributed by atoms with E-state index in [4.69, 9.17) is 14.5 Å². The summed E-state index contributed by atoms with van der Waals surface area (Å²) in [6, 6.07) is 14.0. The van der Waals surface area contributed by atoms with Crippen molar-refractivity contribution < 1.29 is 14.3 Å². The van der Waals surface area contributed by atoms with E-state index in [1.807, 2.05) is 41.3 Å². The van der Waals surface area contributed by atoms with Gasteiger partial charge in [-0.2, -0.15) is 0 Å². The number of fused-ring (bicyclic) bond motifs is 1. The highest BCUT2D eigenvalue weighted by Crippen LogP contribution is 2.37. The maximum atomic E-state index is 13.0. The molecule has 1 aliphatic heterocycles. The number of carbonyl (C=O) groups excluding carboxylic acids is 1. The summed E-state index contributed by atoms with van der Waals surface area (Å²) in [5.74, 6) is 1.74. The first-order chi connectivity index (χ1) is 13.7. The van der Waals surface area contributed by atoms with Crippen molar-refractivity contribution in [2.75, 3.05) is 20.8 Å². The lowest BCUT2D eigenvalue weighted by molar-refractivity contribution is -0.132. The normalized spacial score (nSPS) is 16.5. The summed E-state index contributed by atoms with van der Waals surface area (Å²) in [6.07, 6.45) is 3.08. The number of likely N-dealkylation sites (tertiary alicyclic amines) is 1. The monoisotopic (exact) mass is 396 g/mol. The van der Waals surface area contributed by atoms with Gasteiger partial charge in [0.15, 0.2) is 0 Å². The molecule has 1 fully saturated rings. The number of benzene rings is 2. The van der Waals surface area contributed by atoms with Crippen LogP contribution in [-0.4, -0.2) is 36.6 Å². The molecule has 6 heteroatoms. The number of methoxy groups -OCH3 is 2. The van der Waals surface area contributed by atoms with Gasteiger partial charge in [-0.15, -0.1) is 11.3 Å². The Bertz CT molecular complexity index is 952. The molecule has 0 aliphatic carbocycles. The lowest BCUT2D eigenvalue weighted by atomic mass is 10.1. The van der Waals surface area contributed by atoms with E-state index < -0.39 is 0 Å². The van der Waals surface area contributed by atoms with Crippen molar-refractivity contribution in [2.24, 2.45) is 0 Å². The average molecular weight is 397 g/mol. The Balaban J connectivity index is 1.48. The van der Waals surface area contributed by atoms with Gasteiger partial charge in [-0.25, -0.2) is 4.98 Å². The molecular weight excluding hydrogens is 372 g/mol. The summed E-state index contributed by atoms with van der Waals surface area (Å²) < 4.78 is 11.9. The number of nitrogens with zero attached hydrogens (tertiary/aromatic N) is 2. The summed E-state index contributed by atoms with van der Waals surface area (Å²) >= 11 is 1.70. The number of carbonyl (C=O) groups is 1. The number of amides is 1. The van der Waals surface area contributed by atoms with Crippen molar-refractivity contribution in [1.29, 1.82) is 0 Å². The molecule has 28 heavy (non-hydrogen) atoms. The predicted octanol–water partition coefficient (Wildman–Crippen LogP) is 4.61. The van der Waals surface area contributed by atoms with E-state index in [0.29, 0.717) is 12.8 Å². The van der Waals surface area contributed by atoms with Crippen LogP contribution in [0.25, 0.3) is 10.2 Å². The maximum absolute atomic E-state index is 13.0. The van der Waals surface area contributed by atoms with Gasteiger partial charge in [-0.3, -0.25) is 4.79 Å². The van der Waals surface area contributed by atoms with Crippen molar-refractivity contribution in [3.8, 4) is 11.5 Å². The zero-order chi connectivity index (χ0) is 19.5. The third-order valence-electron chi connectivity index (χ3n) is 5.26. The highest BCUT2D eigenvalue weighted by molar-refractivity contribution is 7.18. The van der Waals surface area contributed by atoms with Crippen LogP contribution < -0.4 is 9.47 Å². The van der Waals surface area contributed by atoms with Crippen LogP contribution in [0.4, 0.5) is 0 Å². The molecule has 3 aromatic rings. The fraction of sp³-hybridized carbons (Fsp3) is 0.364. The molecule has 0 spiro atoms. The highest BCUT2D eigenvalue weighted by atomic mass is 32.1. The Morgan fingerprint density at radius 3 is 2.86 bits per heavy atom. The zero-order valence-corrected chi connectivity index (χ0v) is 17.0. The molecule has 0 N–H and O–H groups in total. The van der Waals surface area contributed by atoms with Crippen LogP contribution in [0.2, 0.25) is 0 Å². The van der Waals surface area contributed by atoms with Crippen LogP contribution in [0.3, 0.4) is 0 Å². The first-order valence-corrected chi connectivity index (χ1v) is 10.4. The largest absolute Gasteiger partial charge is 0.497 e. The molecule has 1 atom stereocenters. The van der Waals surface area contributed by atoms with Crippen molar-refractivity contribution >= 4 is 27.5 Å². The number of aromatic nitrogens is 1. The van der Waals surface area contributed by atoms with Crippen LogP contribution in [-0.2, 0) is 11.2 Å². The molecule has 0 bridgehead atoms. The van der Waals surface area contributed by atoms with Crippen molar-refractivity contribution in [1.82, 2.24) is 9.88 Å². The fourth-order valence-corrected chi connectivity index (χ4v) is 4.93. The molecule has 1 aromatic heterocycles. The van der Waals surface area contributed by atoms with Crippen LogP contribution in [0.1, 0.15) is 35.9 Å². The third-order valence-corrected chi connectivity index (χ3v) is 6.40. The van der Waals surface area contributed by atoms with Gasteiger partial charge in [0.2, 0.25) is 5.91 Å². The molecule has 4 rings (SSSR count). The van der Waals surface area contributed by atoms with Crippen LogP contribution in [0, 0.1) is 0 Å². The van der Waals surface area contributed by atoms with Gasteiger partial charge in [0.1, 0.15) is 16.5 Å². The number of para-hydroxylation sites is 1. The molecule has 5 nitrogen and oxygen atoms in total. The third kappa shape index (κ3) is 3.69. The Hall–Kier alpha value is -2.60. The number of thiazole rings is 1. The van der Waals surface area contributed by atoms with Gasteiger partial charge >= 0.3 is 0 Å². The number of hydrogen-bond donors (Lipinski definition) is 0. The Morgan fingerprint density at radius 1 is 1.21 bits per heavy atom. The SMILES string of the molecule is COc1ccc(OC)c(CCC(=O)N2CCCC2c2nc3ccccc3s2)c1. The van der Waals surface area contributed by atoms with E-state index >= 15 is 0 Å². The Kier molecular flexibility index (Phi) is 5.48. The van der Waals surface area contributed by atoms with E-state index in [1.54, 1.807) is 25.6 Å². The summed E-state index contributed by atoms with van der Waals surface area (Å²) in [5, 5.41) is 1.05. The second kappa shape index (κ2) is 8.19. The first kappa shape index (κ1) is 18.7. The summed E-state index contributed by atoms with van der Waals surface area (Å²) in [7, 11) is 3.29. The van der Waals surface area contributed by atoms with Gasteiger partial charge in [0.25, 0.3) is 0 Å². The van der Waals surface area contributed by atoms with Gasteiger partial charge in [-0.05, 0) is 55.2 Å². The van der Waals surface area contributed by atoms with E-state index in [0.717, 1.165) is 47.0 Å². The van der Waals surface area contributed by atoms with Gasteiger partial charge in [-0.1, -0.05) is 12.1 Å². The van der Waals surface area contributed by atoms with Gasteiger partial charge < -0.3 is 14.4 Å². The molecule has 2 heterocycles. The van der Waals surface area contributed by atoms with Crippen molar-refractivity contribution in [2.45, 2.75) is 31.7 Å². The summed E-state index contributed by atoms with van der Waals surface area (Å²) in [6.45, 7) is 0.800. The molecule has 1 aliphatic rings. The van der Waals surface area contributed by atoms with Crippen molar-refractivity contribution in [3.05, 3.63) is 53.0 Å². The van der Waals surface area contributed by atoms with E-state index in [9.17, 15) is 4.79 Å². The smallest absolute Gasteiger partial charge is 0.223 e. The van der Waals surface area contributed by atoms with E-state index in [-0.39, 0.29) is 11.9 Å². The zero-order valence-electron chi connectivity index (χ0n) is 16.2. The molecule has 0 saturated carbocycles. The second-order valence-electron chi connectivity index (χ2n) is 6.94. The fourth-order valence-electron chi connectivity index (χ4n) is 3.82. The first-order valence-electron chi connectivity index (χ1n) is 9.55. The Morgan fingerprint density at radius 2 is 2.07 bits per heavy atom. The molecule has 2 aromatic carbocycles. The molecular formula is C22H24N2O3S.